The second-order valence-electron chi connectivity index (χ2n) is 5.95. The Kier molecular flexibility index (Phi) is 5.17. The average Bonchev–Trinajstić information content (AvgIpc) is 2.46. The molecule has 1 aliphatic rings. The van der Waals surface area contributed by atoms with E-state index in [-0.39, 0.29) is 11.5 Å². The number of rotatable bonds is 4. The monoisotopic (exact) mass is 293 g/mol. The van der Waals surface area contributed by atoms with Gasteiger partial charge in [-0.25, -0.2) is 4.39 Å². The molecule has 21 heavy (non-hydrogen) atoms. The molecule has 1 aromatic carbocycles. The molecule has 1 heterocycles. The highest BCUT2D eigenvalue weighted by Crippen LogP contribution is 2.17. The fraction of sp³-hybridized carbons (Fsp3) is 0.562. The van der Waals surface area contributed by atoms with Gasteiger partial charge in [-0.2, -0.15) is 0 Å². The SMILES string of the molecule is Cc1c(N)cc(C(=O)NCCN2CCC(C)CC2)cc1F. The number of nitrogens with two attached hydrogens (primary N) is 1. The van der Waals surface area contributed by atoms with Crippen molar-refractivity contribution >= 4 is 11.6 Å². The zero-order valence-electron chi connectivity index (χ0n) is 12.8. The molecule has 0 aromatic heterocycles. The van der Waals surface area contributed by atoms with E-state index in [1.165, 1.54) is 25.0 Å². The van der Waals surface area contributed by atoms with Gasteiger partial charge in [-0.3, -0.25) is 4.79 Å². The van der Waals surface area contributed by atoms with Gasteiger partial charge in [0.2, 0.25) is 0 Å². The summed E-state index contributed by atoms with van der Waals surface area (Å²) in [4.78, 5) is 14.4. The van der Waals surface area contributed by atoms with Crippen LogP contribution in [0.1, 0.15) is 35.7 Å². The molecule has 0 bridgehead atoms. The maximum Gasteiger partial charge on any atom is 0.251 e. The van der Waals surface area contributed by atoms with Crippen LogP contribution in [-0.4, -0.2) is 37.0 Å². The topological polar surface area (TPSA) is 58.4 Å². The fourth-order valence-electron chi connectivity index (χ4n) is 2.55. The van der Waals surface area contributed by atoms with Crippen LogP contribution >= 0.6 is 0 Å². The number of carbonyl (C=O) groups excluding carboxylic acids is 1. The number of carbonyl (C=O) groups is 1. The summed E-state index contributed by atoms with van der Waals surface area (Å²) in [5.41, 5.74) is 6.66. The molecule has 3 N–H and O–H groups in total. The van der Waals surface area contributed by atoms with Crippen molar-refractivity contribution in [2.24, 2.45) is 5.92 Å². The highest BCUT2D eigenvalue weighted by molar-refractivity contribution is 5.95. The Bertz CT molecular complexity index is 487. The molecular weight excluding hydrogens is 269 g/mol. The quantitative estimate of drug-likeness (QED) is 0.837. The Morgan fingerprint density at radius 3 is 2.71 bits per heavy atom. The first-order chi connectivity index (χ1) is 9.97. The first kappa shape index (κ1) is 15.8. The van der Waals surface area contributed by atoms with Crippen LogP contribution in [0.5, 0.6) is 0 Å². The summed E-state index contributed by atoms with van der Waals surface area (Å²) >= 11 is 0. The van der Waals surface area contributed by atoms with Crippen molar-refractivity contribution in [2.75, 3.05) is 31.9 Å². The van der Waals surface area contributed by atoms with Crippen LogP contribution in [0.2, 0.25) is 0 Å². The van der Waals surface area contributed by atoms with Crippen molar-refractivity contribution in [1.29, 1.82) is 0 Å². The molecule has 116 valence electrons. The molecule has 2 rings (SSSR count). The number of likely N-dealkylation sites (tertiary alicyclic amines) is 1. The molecule has 1 fully saturated rings. The number of halogens is 1. The molecule has 0 atom stereocenters. The minimum absolute atomic E-state index is 0.272. The number of anilines is 1. The lowest BCUT2D eigenvalue weighted by Gasteiger charge is -2.30. The Morgan fingerprint density at radius 1 is 1.43 bits per heavy atom. The van der Waals surface area contributed by atoms with Crippen LogP contribution in [0, 0.1) is 18.7 Å². The molecule has 4 nitrogen and oxygen atoms in total. The van der Waals surface area contributed by atoms with Gasteiger partial charge in [0.05, 0.1) is 0 Å². The third-order valence-corrected chi connectivity index (χ3v) is 4.24. The van der Waals surface area contributed by atoms with Crippen LogP contribution in [0.25, 0.3) is 0 Å². The van der Waals surface area contributed by atoms with Gasteiger partial charge in [0.15, 0.2) is 0 Å². The lowest BCUT2D eigenvalue weighted by atomic mass is 9.99. The average molecular weight is 293 g/mol. The highest BCUT2D eigenvalue weighted by Gasteiger charge is 2.16. The van der Waals surface area contributed by atoms with Gasteiger partial charge in [0.1, 0.15) is 5.82 Å². The van der Waals surface area contributed by atoms with Crippen molar-refractivity contribution in [3.05, 3.63) is 29.1 Å². The van der Waals surface area contributed by atoms with Crippen molar-refractivity contribution in [3.63, 3.8) is 0 Å². The van der Waals surface area contributed by atoms with Crippen molar-refractivity contribution in [2.45, 2.75) is 26.7 Å². The predicted octanol–water partition coefficient (Wildman–Crippen LogP) is 2.18. The fourth-order valence-corrected chi connectivity index (χ4v) is 2.55. The third kappa shape index (κ3) is 4.17. The summed E-state index contributed by atoms with van der Waals surface area (Å²) in [7, 11) is 0. The number of nitrogens with zero attached hydrogens (tertiary/aromatic N) is 1. The van der Waals surface area contributed by atoms with E-state index in [9.17, 15) is 9.18 Å². The number of benzene rings is 1. The molecule has 1 aliphatic heterocycles. The summed E-state index contributed by atoms with van der Waals surface area (Å²) in [5.74, 6) is 0.0884. The molecule has 1 aromatic rings. The number of hydrogen-bond acceptors (Lipinski definition) is 3. The molecule has 0 aliphatic carbocycles. The first-order valence-electron chi connectivity index (χ1n) is 7.53. The summed E-state index contributed by atoms with van der Waals surface area (Å²) in [6.45, 7) is 7.45. The lowest BCUT2D eigenvalue weighted by molar-refractivity contribution is 0.0944. The van der Waals surface area contributed by atoms with Gasteiger partial charge in [0, 0.05) is 29.9 Å². The Balaban J connectivity index is 1.82. The van der Waals surface area contributed by atoms with E-state index in [0.717, 1.165) is 25.6 Å². The number of amides is 1. The highest BCUT2D eigenvalue weighted by atomic mass is 19.1. The van der Waals surface area contributed by atoms with E-state index in [2.05, 4.69) is 17.1 Å². The predicted molar refractivity (Wildman–Crippen MR) is 82.7 cm³/mol. The molecule has 0 radical (unpaired) electrons. The summed E-state index contributed by atoms with van der Waals surface area (Å²) in [5, 5.41) is 2.83. The zero-order valence-corrected chi connectivity index (χ0v) is 12.8. The standard InChI is InChI=1S/C16H24FN3O/c1-11-3-6-20(7-4-11)8-5-19-16(21)13-9-14(17)12(2)15(18)10-13/h9-11H,3-8,18H2,1-2H3,(H,19,21). The lowest BCUT2D eigenvalue weighted by Crippen LogP contribution is -2.39. The molecule has 1 saturated heterocycles. The Labute approximate surface area is 125 Å². The second-order valence-corrected chi connectivity index (χ2v) is 5.95. The van der Waals surface area contributed by atoms with E-state index < -0.39 is 5.82 Å². The van der Waals surface area contributed by atoms with Crippen molar-refractivity contribution < 1.29 is 9.18 Å². The molecular formula is C16H24FN3O. The van der Waals surface area contributed by atoms with Crippen molar-refractivity contribution in [3.8, 4) is 0 Å². The third-order valence-electron chi connectivity index (χ3n) is 4.24. The Morgan fingerprint density at radius 2 is 2.10 bits per heavy atom. The van der Waals surface area contributed by atoms with Crippen molar-refractivity contribution in [1.82, 2.24) is 10.2 Å². The van der Waals surface area contributed by atoms with E-state index >= 15 is 0 Å². The van der Waals surface area contributed by atoms with E-state index in [4.69, 9.17) is 5.73 Å². The van der Waals surface area contributed by atoms with Crippen LogP contribution in [0.15, 0.2) is 12.1 Å². The maximum atomic E-state index is 13.6. The molecule has 1 amide bonds. The van der Waals surface area contributed by atoms with E-state index in [0.29, 0.717) is 17.8 Å². The number of nitrogens with one attached hydrogen (secondary N) is 1. The largest absolute Gasteiger partial charge is 0.398 e. The van der Waals surface area contributed by atoms with Gasteiger partial charge >= 0.3 is 0 Å². The molecule has 5 heteroatoms. The number of piperidine rings is 1. The summed E-state index contributed by atoms with van der Waals surface area (Å²) in [6.07, 6.45) is 2.43. The number of nitrogen functional groups attached to an aromatic ring is 1. The van der Waals surface area contributed by atoms with Gasteiger partial charge in [-0.15, -0.1) is 0 Å². The second kappa shape index (κ2) is 6.89. The van der Waals surface area contributed by atoms with E-state index in [1.54, 1.807) is 6.92 Å². The van der Waals surface area contributed by atoms with E-state index in [1.807, 2.05) is 0 Å². The Hall–Kier alpha value is -1.62. The zero-order chi connectivity index (χ0) is 15.4. The van der Waals surface area contributed by atoms with Gasteiger partial charge in [-0.1, -0.05) is 6.92 Å². The number of hydrogen-bond donors (Lipinski definition) is 2. The molecule has 0 saturated carbocycles. The van der Waals surface area contributed by atoms with Crippen LogP contribution in [0.3, 0.4) is 0 Å². The summed E-state index contributed by atoms with van der Waals surface area (Å²) < 4.78 is 13.6. The minimum atomic E-state index is -0.440. The maximum absolute atomic E-state index is 13.6. The molecule has 0 unspecified atom stereocenters. The van der Waals surface area contributed by atoms with Gasteiger partial charge in [-0.05, 0) is 50.9 Å². The first-order valence-corrected chi connectivity index (χ1v) is 7.53. The van der Waals surface area contributed by atoms with Crippen LogP contribution < -0.4 is 11.1 Å². The minimum Gasteiger partial charge on any atom is -0.398 e. The van der Waals surface area contributed by atoms with Gasteiger partial charge < -0.3 is 16.0 Å². The normalized spacial score (nSPS) is 16.9. The summed E-state index contributed by atoms with van der Waals surface area (Å²) in [6, 6.07) is 2.76. The smallest absolute Gasteiger partial charge is 0.251 e. The van der Waals surface area contributed by atoms with Crippen LogP contribution in [0.4, 0.5) is 10.1 Å². The molecule has 0 spiro atoms. The van der Waals surface area contributed by atoms with Crippen LogP contribution in [-0.2, 0) is 0 Å². The van der Waals surface area contributed by atoms with Gasteiger partial charge in [0.25, 0.3) is 5.91 Å².